The van der Waals surface area contributed by atoms with Crippen molar-refractivity contribution in [2.24, 2.45) is 0 Å². The molecule has 1 aromatic rings. The second-order valence-electron chi connectivity index (χ2n) is 3.52. The number of hydrogen-bond donors (Lipinski definition) is 2. The van der Waals surface area contributed by atoms with Gasteiger partial charge in [0.2, 0.25) is 0 Å². The zero-order valence-corrected chi connectivity index (χ0v) is 7.43. The molecule has 1 heterocycles. The van der Waals surface area contributed by atoms with Crippen LogP contribution >= 0.6 is 0 Å². The first-order valence-electron chi connectivity index (χ1n) is 4.59. The Balaban J connectivity index is 1.71. The van der Waals surface area contributed by atoms with Crippen molar-refractivity contribution in [2.45, 2.75) is 32.2 Å². The number of hydrogen-bond acceptors (Lipinski definition) is 2. The van der Waals surface area contributed by atoms with Crippen molar-refractivity contribution in [3.05, 3.63) is 17.5 Å². The number of aryl methyl sites for hydroxylation is 1. The summed E-state index contributed by atoms with van der Waals surface area (Å²) in [5.74, 6) is 0. The lowest BCUT2D eigenvalue weighted by Crippen LogP contribution is -2.19. The van der Waals surface area contributed by atoms with E-state index in [0.717, 1.165) is 24.7 Å². The molecule has 0 atom stereocenters. The molecule has 3 nitrogen and oxygen atoms in total. The quantitative estimate of drug-likeness (QED) is 0.699. The lowest BCUT2D eigenvalue weighted by molar-refractivity contribution is 0.674. The first-order valence-corrected chi connectivity index (χ1v) is 4.59. The van der Waals surface area contributed by atoms with Crippen LogP contribution in [0.15, 0.2) is 6.07 Å². The molecule has 0 spiro atoms. The summed E-state index contributed by atoms with van der Waals surface area (Å²) in [5, 5.41) is 10.6. The predicted molar refractivity (Wildman–Crippen MR) is 48.1 cm³/mol. The van der Waals surface area contributed by atoms with Gasteiger partial charge in [-0.3, -0.25) is 5.10 Å². The minimum atomic E-state index is 0.810. The zero-order chi connectivity index (χ0) is 8.39. The Morgan fingerprint density at radius 3 is 3.08 bits per heavy atom. The Hall–Kier alpha value is -0.830. The summed E-state index contributed by atoms with van der Waals surface area (Å²) in [6.45, 7) is 3.10. The molecule has 0 amide bonds. The lowest BCUT2D eigenvalue weighted by atomic mass is 10.3. The topological polar surface area (TPSA) is 40.7 Å². The van der Waals surface area contributed by atoms with Gasteiger partial charge in [-0.05, 0) is 25.8 Å². The van der Waals surface area contributed by atoms with Crippen molar-refractivity contribution in [3.63, 3.8) is 0 Å². The molecular weight excluding hydrogens is 150 g/mol. The van der Waals surface area contributed by atoms with Crippen LogP contribution in [-0.4, -0.2) is 22.8 Å². The predicted octanol–water partition coefficient (Wildman–Crippen LogP) is 1.01. The van der Waals surface area contributed by atoms with Gasteiger partial charge in [-0.1, -0.05) is 0 Å². The van der Waals surface area contributed by atoms with Crippen molar-refractivity contribution < 1.29 is 0 Å². The van der Waals surface area contributed by atoms with Crippen LogP contribution < -0.4 is 5.32 Å². The Bertz CT molecular complexity index is 250. The van der Waals surface area contributed by atoms with E-state index in [9.17, 15) is 0 Å². The molecule has 0 saturated heterocycles. The summed E-state index contributed by atoms with van der Waals surface area (Å²) >= 11 is 0. The maximum atomic E-state index is 4.17. The summed E-state index contributed by atoms with van der Waals surface area (Å²) in [7, 11) is 0. The summed E-state index contributed by atoms with van der Waals surface area (Å²) in [6.07, 6.45) is 3.76. The van der Waals surface area contributed by atoms with Gasteiger partial charge in [0, 0.05) is 24.7 Å². The monoisotopic (exact) mass is 165 g/mol. The Labute approximate surface area is 72.6 Å². The Morgan fingerprint density at radius 2 is 2.50 bits per heavy atom. The Morgan fingerprint density at radius 1 is 1.67 bits per heavy atom. The van der Waals surface area contributed by atoms with Crippen LogP contribution in [0.1, 0.15) is 24.2 Å². The highest BCUT2D eigenvalue weighted by Gasteiger charge is 2.19. The van der Waals surface area contributed by atoms with E-state index in [1.54, 1.807) is 0 Å². The van der Waals surface area contributed by atoms with E-state index in [2.05, 4.69) is 21.6 Å². The standard InChI is InChI=1S/C9H15N3/c1-7-6-9(12-11-7)4-5-10-8-2-3-8/h6,8,10H,2-5H2,1H3,(H,11,12). The number of nitrogens with zero attached hydrogens (tertiary/aromatic N) is 1. The summed E-state index contributed by atoms with van der Waals surface area (Å²) < 4.78 is 0. The second kappa shape index (κ2) is 3.27. The highest BCUT2D eigenvalue weighted by atomic mass is 15.1. The molecule has 2 N–H and O–H groups in total. The third-order valence-electron chi connectivity index (χ3n) is 2.15. The maximum Gasteiger partial charge on any atom is 0.0637 e. The van der Waals surface area contributed by atoms with E-state index in [-0.39, 0.29) is 0 Å². The molecule has 1 aliphatic rings. The van der Waals surface area contributed by atoms with E-state index < -0.39 is 0 Å². The van der Waals surface area contributed by atoms with E-state index in [1.165, 1.54) is 18.5 Å². The number of nitrogens with one attached hydrogen (secondary N) is 2. The summed E-state index contributed by atoms with van der Waals surface area (Å²) in [6, 6.07) is 2.92. The number of aromatic nitrogens is 2. The third kappa shape index (κ3) is 2.08. The van der Waals surface area contributed by atoms with Crippen molar-refractivity contribution in [2.75, 3.05) is 6.54 Å². The van der Waals surface area contributed by atoms with Crippen molar-refractivity contribution in [1.82, 2.24) is 15.5 Å². The first-order chi connectivity index (χ1) is 5.84. The fourth-order valence-electron chi connectivity index (χ4n) is 1.29. The van der Waals surface area contributed by atoms with E-state index in [4.69, 9.17) is 0 Å². The van der Waals surface area contributed by atoms with Gasteiger partial charge in [-0.2, -0.15) is 5.10 Å². The SMILES string of the molecule is Cc1cc(CCNC2CC2)n[nH]1. The van der Waals surface area contributed by atoms with Crippen molar-refractivity contribution in [1.29, 1.82) is 0 Å². The molecule has 0 aromatic carbocycles. The molecule has 1 saturated carbocycles. The van der Waals surface area contributed by atoms with E-state index >= 15 is 0 Å². The highest BCUT2D eigenvalue weighted by Crippen LogP contribution is 2.18. The average Bonchev–Trinajstić information content (AvgIpc) is 2.76. The number of rotatable bonds is 4. The number of H-pyrrole nitrogens is 1. The van der Waals surface area contributed by atoms with Crippen LogP contribution in [-0.2, 0) is 6.42 Å². The highest BCUT2D eigenvalue weighted by molar-refractivity contribution is 5.06. The molecule has 66 valence electrons. The maximum absolute atomic E-state index is 4.17. The molecule has 1 aromatic heterocycles. The molecule has 3 heteroatoms. The normalized spacial score (nSPS) is 16.8. The van der Waals surface area contributed by atoms with E-state index in [1.807, 2.05) is 6.92 Å². The molecule has 0 radical (unpaired) electrons. The van der Waals surface area contributed by atoms with Crippen molar-refractivity contribution in [3.8, 4) is 0 Å². The van der Waals surface area contributed by atoms with Gasteiger partial charge in [0.15, 0.2) is 0 Å². The van der Waals surface area contributed by atoms with Crippen LogP contribution in [0.3, 0.4) is 0 Å². The largest absolute Gasteiger partial charge is 0.314 e. The van der Waals surface area contributed by atoms with Gasteiger partial charge in [-0.25, -0.2) is 0 Å². The summed E-state index contributed by atoms with van der Waals surface area (Å²) in [5.41, 5.74) is 2.32. The van der Waals surface area contributed by atoms with Gasteiger partial charge in [0.05, 0.1) is 5.69 Å². The van der Waals surface area contributed by atoms with Crippen molar-refractivity contribution >= 4 is 0 Å². The fourth-order valence-corrected chi connectivity index (χ4v) is 1.29. The van der Waals surface area contributed by atoms with Gasteiger partial charge >= 0.3 is 0 Å². The van der Waals surface area contributed by atoms with Crippen LogP contribution in [0.2, 0.25) is 0 Å². The van der Waals surface area contributed by atoms with Gasteiger partial charge in [0.1, 0.15) is 0 Å². The third-order valence-corrected chi connectivity index (χ3v) is 2.15. The fraction of sp³-hybridized carbons (Fsp3) is 0.667. The van der Waals surface area contributed by atoms with Crippen LogP contribution in [0, 0.1) is 6.92 Å². The lowest BCUT2D eigenvalue weighted by Gasteiger charge is -1.98. The molecule has 0 aliphatic heterocycles. The molecular formula is C9H15N3. The second-order valence-corrected chi connectivity index (χ2v) is 3.52. The molecule has 0 unspecified atom stereocenters. The van der Waals surface area contributed by atoms with Crippen LogP contribution in [0.5, 0.6) is 0 Å². The molecule has 0 bridgehead atoms. The first kappa shape index (κ1) is 7.80. The van der Waals surface area contributed by atoms with E-state index in [0.29, 0.717) is 0 Å². The minimum absolute atomic E-state index is 0.810. The average molecular weight is 165 g/mol. The zero-order valence-electron chi connectivity index (χ0n) is 7.43. The number of aromatic amines is 1. The van der Waals surface area contributed by atoms with Gasteiger partial charge < -0.3 is 5.32 Å². The molecule has 1 fully saturated rings. The van der Waals surface area contributed by atoms with Gasteiger partial charge in [-0.15, -0.1) is 0 Å². The molecule has 1 aliphatic carbocycles. The van der Waals surface area contributed by atoms with Gasteiger partial charge in [0.25, 0.3) is 0 Å². The van der Waals surface area contributed by atoms with Crippen LogP contribution in [0.4, 0.5) is 0 Å². The molecule has 12 heavy (non-hydrogen) atoms. The smallest absolute Gasteiger partial charge is 0.0637 e. The van der Waals surface area contributed by atoms with Crippen LogP contribution in [0.25, 0.3) is 0 Å². The minimum Gasteiger partial charge on any atom is -0.314 e. The molecule has 2 rings (SSSR count). The Kier molecular flexibility index (Phi) is 2.13. The summed E-state index contributed by atoms with van der Waals surface area (Å²) in [4.78, 5) is 0.